The molecule has 0 unspecified atom stereocenters. The highest BCUT2D eigenvalue weighted by atomic mass is 16.7. The van der Waals surface area contributed by atoms with E-state index in [4.69, 9.17) is 9.47 Å². The summed E-state index contributed by atoms with van der Waals surface area (Å²) < 4.78 is 13.3. The first-order valence-corrected chi connectivity index (χ1v) is 6.31. The van der Waals surface area contributed by atoms with Crippen molar-refractivity contribution >= 4 is 12.6 Å². The third-order valence-electron chi connectivity index (χ3n) is 4.35. The second-order valence-electron chi connectivity index (χ2n) is 5.16. The van der Waals surface area contributed by atoms with Gasteiger partial charge in [0.15, 0.2) is 12.3 Å². The Morgan fingerprint density at radius 1 is 1.18 bits per heavy atom. The van der Waals surface area contributed by atoms with Crippen LogP contribution in [0.1, 0.15) is 25.7 Å². The fourth-order valence-corrected chi connectivity index (χ4v) is 3.20. The van der Waals surface area contributed by atoms with Gasteiger partial charge in [0.25, 0.3) is 5.91 Å². The Morgan fingerprint density at radius 3 is 2.41 bits per heavy atom. The summed E-state index contributed by atoms with van der Waals surface area (Å²) >= 11 is 0. The second-order valence-corrected chi connectivity index (χ2v) is 5.16. The zero-order valence-electron chi connectivity index (χ0n) is 10.0. The average Bonchev–Trinajstić information content (AvgIpc) is 2.78. The van der Waals surface area contributed by atoms with Gasteiger partial charge in [-0.15, -0.1) is 0 Å². The largest absolute Gasteiger partial charge is 0.348 e. The normalized spacial score (nSPS) is 30.8. The number of nitrogens with zero attached hydrogens (tertiary/aromatic N) is 1. The van der Waals surface area contributed by atoms with Crippen LogP contribution in [0.15, 0.2) is 0 Å². The second kappa shape index (κ2) is 3.78. The van der Waals surface area contributed by atoms with Gasteiger partial charge in [-0.2, -0.15) is 0 Å². The summed E-state index contributed by atoms with van der Waals surface area (Å²) in [6, 6.07) is 0. The summed E-state index contributed by atoms with van der Waals surface area (Å²) in [7, 11) is 0. The molecule has 17 heavy (non-hydrogen) atoms. The highest BCUT2D eigenvalue weighted by Crippen LogP contribution is 2.42. The van der Waals surface area contributed by atoms with Crippen molar-refractivity contribution in [1.29, 1.82) is 0 Å². The molecule has 0 atom stereocenters. The Hall–Kier alpha value is -0.940. The van der Waals surface area contributed by atoms with Crippen LogP contribution in [0.4, 0.5) is 0 Å². The van der Waals surface area contributed by atoms with Gasteiger partial charge in [0.05, 0.1) is 19.8 Å². The van der Waals surface area contributed by atoms with Gasteiger partial charge in [-0.25, -0.2) is 4.58 Å². The van der Waals surface area contributed by atoms with E-state index in [0.29, 0.717) is 19.8 Å². The maximum atomic E-state index is 12.1. The van der Waals surface area contributed by atoms with Crippen molar-refractivity contribution in [2.24, 2.45) is 0 Å². The first-order chi connectivity index (χ1) is 8.17. The number of nitrogens with one attached hydrogen (secondary N) is 1. The first-order valence-electron chi connectivity index (χ1n) is 6.31. The smallest absolute Gasteiger partial charge is 0.291 e. The van der Waals surface area contributed by atoms with Crippen molar-refractivity contribution in [1.82, 2.24) is 5.32 Å². The fourth-order valence-electron chi connectivity index (χ4n) is 3.20. The van der Waals surface area contributed by atoms with Gasteiger partial charge in [0.2, 0.25) is 5.54 Å². The Labute approximate surface area is 101 Å². The summed E-state index contributed by atoms with van der Waals surface area (Å²) in [6.45, 7) is 6.90. The van der Waals surface area contributed by atoms with Crippen molar-refractivity contribution < 1.29 is 18.8 Å². The Bertz CT molecular complexity index is 333. The van der Waals surface area contributed by atoms with Crippen LogP contribution in [0, 0.1) is 0 Å². The summed E-state index contributed by atoms with van der Waals surface area (Å²) in [5.41, 5.74) is -0.432. The van der Waals surface area contributed by atoms with E-state index in [1.807, 2.05) is 4.58 Å². The van der Waals surface area contributed by atoms with Gasteiger partial charge in [-0.05, 0) is 0 Å². The molecule has 0 aromatic heterocycles. The molecule has 0 bridgehead atoms. The molecule has 1 aliphatic carbocycles. The number of carbonyl (C=O) groups excluding carboxylic acids is 1. The fraction of sp³-hybridized carbons (Fsp3) is 0.833. The number of amides is 1. The lowest BCUT2D eigenvalue weighted by Gasteiger charge is -2.41. The molecule has 0 radical (unpaired) electrons. The Balaban J connectivity index is 1.78. The molecule has 0 aromatic carbocycles. The van der Waals surface area contributed by atoms with Gasteiger partial charge < -0.3 is 14.8 Å². The van der Waals surface area contributed by atoms with E-state index in [0.717, 1.165) is 32.2 Å². The number of rotatable bonds is 0. The molecule has 0 aromatic rings. The van der Waals surface area contributed by atoms with Crippen molar-refractivity contribution in [2.45, 2.75) is 37.0 Å². The van der Waals surface area contributed by atoms with E-state index in [1.54, 1.807) is 0 Å². The van der Waals surface area contributed by atoms with E-state index in [2.05, 4.69) is 12.0 Å². The average molecular weight is 239 g/mol. The van der Waals surface area contributed by atoms with E-state index in [9.17, 15) is 4.79 Å². The molecule has 1 saturated carbocycles. The molecule has 2 spiro atoms. The third kappa shape index (κ3) is 1.60. The molecule has 1 N–H and O–H groups in total. The van der Waals surface area contributed by atoms with Crippen LogP contribution in [-0.4, -0.2) is 54.8 Å². The van der Waals surface area contributed by atoms with Crippen LogP contribution in [0.25, 0.3) is 0 Å². The van der Waals surface area contributed by atoms with Crippen LogP contribution < -0.4 is 5.32 Å². The first kappa shape index (κ1) is 11.2. The van der Waals surface area contributed by atoms with E-state index in [-0.39, 0.29) is 5.91 Å². The third-order valence-corrected chi connectivity index (χ3v) is 4.35. The molecular formula is C12H19N2O3+. The number of hydrogen-bond acceptors (Lipinski definition) is 3. The molecule has 5 nitrogen and oxygen atoms in total. The summed E-state index contributed by atoms with van der Waals surface area (Å²) in [4.78, 5) is 12.1. The minimum atomic E-state index is -0.432. The van der Waals surface area contributed by atoms with Gasteiger partial charge in [-0.1, -0.05) is 0 Å². The predicted molar refractivity (Wildman–Crippen MR) is 61.1 cm³/mol. The summed E-state index contributed by atoms with van der Waals surface area (Å²) in [6.07, 6.45) is 3.10. The molecule has 3 aliphatic rings. The molecule has 2 saturated heterocycles. The lowest BCUT2D eigenvalue weighted by molar-refractivity contribution is -0.596. The van der Waals surface area contributed by atoms with Gasteiger partial charge in [0, 0.05) is 25.7 Å². The molecule has 1 amide bonds. The molecule has 2 aliphatic heterocycles. The monoisotopic (exact) mass is 239 g/mol. The van der Waals surface area contributed by atoms with Gasteiger partial charge in [0.1, 0.15) is 6.72 Å². The van der Waals surface area contributed by atoms with Gasteiger partial charge in [-0.3, -0.25) is 4.79 Å². The molecular weight excluding hydrogens is 220 g/mol. The highest BCUT2D eigenvalue weighted by molar-refractivity contribution is 5.85. The van der Waals surface area contributed by atoms with Crippen LogP contribution in [-0.2, 0) is 14.3 Å². The highest BCUT2D eigenvalue weighted by Gasteiger charge is 2.56. The quantitative estimate of drug-likeness (QED) is 0.600. The van der Waals surface area contributed by atoms with Crippen molar-refractivity contribution in [3.63, 3.8) is 0 Å². The lowest BCUT2D eigenvalue weighted by atomic mass is 9.76. The molecule has 94 valence electrons. The number of ether oxygens (including phenoxy) is 2. The van der Waals surface area contributed by atoms with E-state index < -0.39 is 11.3 Å². The number of piperazine rings is 1. The van der Waals surface area contributed by atoms with Crippen LogP contribution in [0.3, 0.4) is 0 Å². The molecule has 5 heteroatoms. The zero-order valence-corrected chi connectivity index (χ0v) is 10.0. The maximum Gasteiger partial charge on any atom is 0.291 e. The van der Waals surface area contributed by atoms with Crippen molar-refractivity contribution in [2.75, 3.05) is 26.3 Å². The number of hydrogen-bond donors (Lipinski definition) is 1. The molecule has 3 fully saturated rings. The minimum absolute atomic E-state index is 0.117. The Morgan fingerprint density at radius 2 is 1.82 bits per heavy atom. The molecule has 3 rings (SSSR count). The van der Waals surface area contributed by atoms with Crippen LogP contribution >= 0.6 is 0 Å². The lowest BCUT2D eigenvalue weighted by Crippen LogP contribution is -2.63. The summed E-state index contributed by atoms with van der Waals surface area (Å²) in [5.74, 6) is -0.296. The standard InChI is InChI=1S/C12H18N2O3/c1-14-7-6-13-10(15)11(14)2-4-12(5-3-11)16-8-9-17-12/h1-9H2/p+1. The maximum absolute atomic E-state index is 12.1. The van der Waals surface area contributed by atoms with E-state index in [1.165, 1.54) is 0 Å². The van der Waals surface area contributed by atoms with Crippen LogP contribution in [0.5, 0.6) is 0 Å². The van der Waals surface area contributed by atoms with Crippen molar-refractivity contribution in [3.05, 3.63) is 0 Å². The number of carbonyl (C=O) groups is 1. The van der Waals surface area contributed by atoms with Crippen molar-refractivity contribution in [3.8, 4) is 0 Å². The molecule has 2 heterocycles. The topological polar surface area (TPSA) is 50.6 Å². The SMILES string of the molecule is C=[N+]1CCNC(=O)C12CCC1(CC2)OCCO1. The predicted octanol–water partition coefficient (Wildman–Crippen LogP) is -0.115. The minimum Gasteiger partial charge on any atom is -0.348 e. The zero-order chi connectivity index (χ0) is 11.9. The van der Waals surface area contributed by atoms with Gasteiger partial charge >= 0.3 is 0 Å². The van der Waals surface area contributed by atoms with E-state index >= 15 is 0 Å². The van der Waals surface area contributed by atoms with Crippen LogP contribution in [0.2, 0.25) is 0 Å². The summed E-state index contributed by atoms with van der Waals surface area (Å²) in [5, 5.41) is 2.95. The Kier molecular flexibility index (Phi) is 2.48.